The Hall–Kier alpha value is -0.0800. The van der Waals surface area contributed by atoms with Crippen molar-refractivity contribution >= 4 is 0 Å². The third kappa shape index (κ3) is 2.43. The van der Waals surface area contributed by atoms with Gasteiger partial charge in [-0.3, -0.25) is 4.90 Å². The quantitative estimate of drug-likeness (QED) is 0.676. The molecule has 0 aliphatic carbocycles. The van der Waals surface area contributed by atoms with Crippen molar-refractivity contribution in [3.05, 3.63) is 0 Å². The number of likely N-dealkylation sites (tertiary alicyclic amines) is 2. The van der Waals surface area contributed by atoms with Crippen molar-refractivity contribution in [2.45, 2.75) is 70.5 Å². The Morgan fingerprint density at radius 1 is 0.875 bits per heavy atom. The Bertz CT molecular complexity index is 231. The van der Waals surface area contributed by atoms with Crippen LogP contribution in [0.2, 0.25) is 0 Å². The van der Waals surface area contributed by atoms with Crippen LogP contribution in [0.5, 0.6) is 0 Å². The molecule has 2 unspecified atom stereocenters. The Balaban J connectivity index is 2.07. The van der Waals surface area contributed by atoms with Crippen LogP contribution in [0.3, 0.4) is 0 Å². The molecule has 0 N–H and O–H groups in total. The van der Waals surface area contributed by atoms with Crippen LogP contribution in [0, 0.1) is 0 Å². The molecule has 2 atom stereocenters. The molecule has 2 heteroatoms. The second kappa shape index (κ2) is 4.66. The summed E-state index contributed by atoms with van der Waals surface area (Å²) in [6, 6.07) is 1.63. The zero-order valence-electron chi connectivity index (χ0n) is 11.5. The number of nitrogens with zero attached hydrogens (tertiary/aromatic N) is 2. The molecule has 2 saturated heterocycles. The molecule has 2 heterocycles. The molecule has 0 saturated carbocycles. The highest BCUT2D eigenvalue weighted by molar-refractivity contribution is 4.96. The maximum Gasteiger partial charge on any atom is 0.0257 e. The highest BCUT2D eigenvalue weighted by Crippen LogP contribution is 2.33. The topological polar surface area (TPSA) is 6.48 Å². The van der Waals surface area contributed by atoms with Gasteiger partial charge in [0.15, 0.2) is 0 Å². The maximum absolute atomic E-state index is 2.75. The van der Waals surface area contributed by atoms with Gasteiger partial charge in [0.2, 0.25) is 0 Å². The van der Waals surface area contributed by atoms with Gasteiger partial charge in [-0.25, -0.2) is 0 Å². The first-order valence-corrected chi connectivity index (χ1v) is 6.97. The van der Waals surface area contributed by atoms with E-state index in [1.54, 1.807) is 0 Å². The monoisotopic (exact) mass is 224 g/mol. The molecule has 0 aromatic rings. The molecule has 0 aromatic heterocycles. The molecule has 2 aliphatic rings. The van der Waals surface area contributed by atoms with E-state index in [0.29, 0.717) is 5.54 Å². The lowest BCUT2D eigenvalue weighted by molar-refractivity contribution is 0.0426. The summed E-state index contributed by atoms with van der Waals surface area (Å²) in [6.07, 6.45) is 7.05. The fourth-order valence-corrected chi connectivity index (χ4v) is 3.61. The molecular weight excluding hydrogens is 196 g/mol. The van der Waals surface area contributed by atoms with Crippen LogP contribution in [0.15, 0.2) is 0 Å². The smallest absolute Gasteiger partial charge is 0.0257 e. The molecule has 0 spiro atoms. The zero-order valence-corrected chi connectivity index (χ0v) is 11.5. The van der Waals surface area contributed by atoms with E-state index >= 15 is 0 Å². The van der Waals surface area contributed by atoms with E-state index in [-0.39, 0.29) is 0 Å². The standard InChI is InChI=1S/C14H28N2/c1-14(2,3)16-11-7-9-13(16)12-8-5-6-10-15(12)4/h12-13H,5-11H2,1-4H3. The van der Waals surface area contributed by atoms with Crippen LogP contribution in [-0.4, -0.2) is 47.6 Å². The molecule has 0 radical (unpaired) electrons. The van der Waals surface area contributed by atoms with Crippen molar-refractivity contribution in [3.63, 3.8) is 0 Å². The van der Waals surface area contributed by atoms with Crippen LogP contribution in [0.25, 0.3) is 0 Å². The van der Waals surface area contributed by atoms with Crippen molar-refractivity contribution in [1.82, 2.24) is 9.80 Å². The minimum Gasteiger partial charge on any atom is -0.302 e. The fraction of sp³-hybridized carbons (Fsp3) is 1.00. The van der Waals surface area contributed by atoms with Crippen molar-refractivity contribution in [2.24, 2.45) is 0 Å². The Kier molecular flexibility index (Phi) is 3.60. The van der Waals surface area contributed by atoms with Crippen molar-refractivity contribution in [2.75, 3.05) is 20.1 Å². The van der Waals surface area contributed by atoms with Crippen LogP contribution < -0.4 is 0 Å². The molecule has 0 bridgehead atoms. The lowest BCUT2D eigenvalue weighted by atomic mass is 9.92. The molecule has 2 rings (SSSR count). The minimum atomic E-state index is 0.347. The first-order valence-electron chi connectivity index (χ1n) is 6.97. The fourth-order valence-electron chi connectivity index (χ4n) is 3.61. The molecule has 2 fully saturated rings. The van der Waals surface area contributed by atoms with Crippen molar-refractivity contribution < 1.29 is 0 Å². The van der Waals surface area contributed by atoms with Gasteiger partial charge in [-0.05, 0) is 66.6 Å². The van der Waals surface area contributed by atoms with Gasteiger partial charge in [-0.2, -0.15) is 0 Å². The summed E-state index contributed by atoms with van der Waals surface area (Å²) < 4.78 is 0. The highest BCUT2D eigenvalue weighted by atomic mass is 15.3. The molecule has 94 valence electrons. The largest absolute Gasteiger partial charge is 0.302 e. The summed E-state index contributed by atoms with van der Waals surface area (Å²) in [5, 5.41) is 0. The third-order valence-corrected chi connectivity index (χ3v) is 4.43. The van der Waals surface area contributed by atoms with E-state index in [0.717, 1.165) is 12.1 Å². The molecular formula is C14H28N2. The van der Waals surface area contributed by atoms with E-state index in [4.69, 9.17) is 0 Å². The van der Waals surface area contributed by atoms with E-state index in [9.17, 15) is 0 Å². The SMILES string of the molecule is CN1CCCCC1C1CCCN1C(C)(C)C. The van der Waals surface area contributed by atoms with Gasteiger partial charge in [-0.1, -0.05) is 6.42 Å². The Labute approximate surface area is 101 Å². The van der Waals surface area contributed by atoms with Gasteiger partial charge in [0.25, 0.3) is 0 Å². The number of rotatable bonds is 1. The minimum absolute atomic E-state index is 0.347. The molecule has 2 nitrogen and oxygen atoms in total. The van der Waals surface area contributed by atoms with Crippen LogP contribution in [0.1, 0.15) is 52.9 Å². The number of hydrogen-bond donors (Lipinski definition) is 0. The summed E-state index contributed by atoms with van der Waals surface area (Å²) in [5.74, 6) is 0. The molecule has 16 heavy (non-hydrogen) atoms. The van der Waals surface area contributed by atoms with Gasteiger partial charge >= 0.3 is 0 Å². The lowest BCUT2D eigenvalue weighted by Gasteiger charge is -2.45. The normalized spacial score (nSPS) is 34.5. The van der Waals surface area contributed by atoms with E-state index < -0.39 is 0 Å². The van der Waals surface area contributed by atoms with Crippen molar-refractivity contribution in [3.8, 4) is 0 Å². The highest BCUT2D eigenvalue weighted by Gasteiger charge is 2.39. The van der Waals surface area contributed by atoms with Gasteiger partial charge in [0.05, 0.1) is 0 Å². The van der Waals surface area contributed by atoms with E-state index in [1.165, 1.54) is 45.2 Å². The lowest BCUT2D eigenvalue weighted by Crippen LogP contribution is -2.54. The molecule has 2 aliphatic heterocycles. The Morgan fingerprint density at radius 2 is 1.56 bits per heavy atom. The Morgan fingerprint density at radius 3 is 2.19 bits per heavy atom. The number of likely N-dealkylation sites (N-methyl/N-ethyl adjacent to an activating group) is 1. The third-order valence-electron chi connectivity index (χ3n) is 4.43. The summed E-state index contributed by atoms with van der Waals surface area (Å²) in [5.41, 5.74) is 0.347. The molecule has 0 amide bonds. The van der Waals surface area contributed by atoms with Gasteiger partial charge in [0, 0.05) is 17.6 Å². The van der Waals surface area contributed by atoms with Crippen LogP contribution in [-0.2, 0) is 0 Å². The first-order chi connectivity index (χ1) is 7.50. The van der Waals surface area contributed by atoms with Crippen LogP contribution >= 0.6 is 0 Å². The van der Waals surface area contributed by atoms with E-state index in [2.05, 4.69) is 37.6 Å². The summed E-state index contributed by atoms with van der Waals surface area (Å²) >= 11 is 0. The second-order valence-corrected chi connectivity index (χ2v) is 6.62. The predicted molar refractivity (Wildman–Crippen MR) is 69.8 cm³/mol. The van der Waals surface area contributed by atoms with Crippen molar-refractivity contribution in [1.29, 1.82) is 0 Å². The van der Waals surface area contributed by atoms with Gasteiger partial charge < -0.3 is 4.90 Å². The van der Waals surface area contributed by atoms with Gasteiger partial charge in [-0.15, -0.1) is 0 Å². The number of hydrogen-bond acceptors (Lipinski definition) is 2. The number of piperidine rings is 1. The molecule has 0 aromatic carbocycles. The zero-order chi connectivity index (χ0) is 11.8. The first kappa shape index (κ1) is 12.4. The second-order valence-electron chi connectivity index (χ2n) is 6.62. The summed E-state index contributed by atoms with van der Waals surface area (Å²) in [4.78, 5) is 5.36. The average Bonchev–Trinajstić information content (AvgIpc) is 2.66. The predicted octanol–water partition coefficient (Wildman–Crippen LogP) is 2.73. The van der Waals surface area contributed by atoms with E-state index in [1.807, 2.05) is 0 Å². The average molecular weight is 224 g/mol. The van der Waals surface area contributed by atoms with Gasteiger partial charge in [0.1, 0.15) is 0 Å². The summed E-state index contributed by atoms with van der Waals surface area (Å²) in [6.45, 7) is 9.72. The summed E-state index contributed by atoms with van der Waals surface area (Å²) in [7, 11) is 2.32. The maximum atomic E-state index is 2.75. The van der Waals surface area contributed by atoms with Crippen LogP contribution in [0.4, 0.5) is 0 Å².